The van der Waals surface area contributed by atoms with Crippen molar-refractivity contribution < 1.29 is 4.79 Å². The first-order valence-electron chi connectivity index (χ1n) is 9.66. The Morgan fingerprint density at radius 3 is 2.27 bits per heavy atom. The number of anilines is 2. The van der Waals surface area contributed by atoms with Gasteiger partial charge in [-0.15, -0.1) is 10.2 Å². The molecule has 0 aliphatic carbocycles. The van der Waals surface area contributed by atoms with E-state index in [1.165, 1.54) is 5.56 Å². The largest absolute Gasteiger partial charge is 0.352 e. The lowest BCUT2D eigenvalue weighted by molar-refractivity contribution is 0.208. The van der Waals surface area contributed by atoms with Gasteiger partial charge in [-0.1, -0.05) is 47.5 Å². The van der Waals surface area contributed by atoms with E-state index in [-0.39, 0.29) is 6.03 Å². The van der Waals surface area contributed by atoms with E-state index >= 15 is 0 Å². The van der Waals surface area contributed by atoms with Crippen molar-refractivity contribution in [3.8, 4) is 11.3 Å². The van der Waals surface area contributed by atoms with Crippen LogP contribution in [0, 0.1) is 6.92 Å². The highest BCUT2D eigenvalue weighted by atomic mass is 35.5. The van der Waals surface area contributed by atoms with Gasteiger partial charge in [-0.25, -0.2) is 4.79 Å². The van der Waals surface area contributed by atoms with E-state index in [0.29, 0.717) is 41.9 Å². The first-order chi connectivity index (χ1) is 14.5. The Labute approximate surface area is 185 Å². The Morgan fingerprint density at radius 2 is 1.63 bits per heavy atom. The Morgan fingerprint density at radius 1 is 0.933 bits per heavy atom. The summed E-state index contributed by atoms with van der Waals surface area (Å²) in [7, 11) is 0. The van der Waals surface area contributed by atoms with Crippen molar-refractivity contribution in [1.82, 2.24) is 15.1 Å². The van der Waals surface area contributed by atoms with Gasteiger partial charge in [0.25, 0.3) is 0 Å². The van der Waals surface area contributed by atoms with Crippen LogP contribution in [0.15, 0.2) is 54.6 Å². The van der Waals surface area contributed by atoms with Gasteiger partial charge in [0, 0.05) is 47.5 Å². The predicted molar refractivity (Wildman–Crippen MR) is 121 cm³/mol. The van der Waals surface area contributed by atoms with E-state index in [1.54, 1.807) is 23.1 Å². The van der Waals surface area contributed by atoms with Gasteiger partial charge in [0.15, 0.2) is 5.82 Å². The summed E-state index contributed by atoms with van der Waals surface area (Å²) in [4.78, 5) is 16.4. The van der Waals surface area contributed by atoms with Crippen LogP contribution in [-0.2, 0) is 0 Å². The fourth-order valence-electron chi connectivity index (χ4n) is 3.46. The number of halogens is 2. The molecule has 1 aliphatic heterocycles. The number of hydrogen-bond acceptors (Lipinski definition) is 4. The molecule has 30 heavy (non-hydrogen) atoms. The molecule has 1 saturated heterocycles. The average Bonchev–Trinajstić information content (AvgIpc) is 2.74. The van der Waals surface area contributed by atoms with E-state index in [0.717, 1.165) is 17.1 Å². The molecular weight excluding hydrogens is 421 g/mol. The van der Waals surface area contributed by atoms with Gasteiger partial charge in [0.05, 0.1) is 5.69 Å². The molecule has 3 aromatic rings. The molecule has 0 unspecified atom stereocenters. The number of urea groups is 1. The number of aryl methyl sites for hydroxylation is 1. The molecule has 2 amide bonds. The normalized spacial score (nSPS) is 14.0. The monoisotopic (exact) mass is 441 g/mol. The smallest absolute Gasteiger partial charge is 0.321 e. The van der Waals surface area contributed by atoms with Crippen molar-refractivity contribution in [3.63, 3.8) is 0 Å². The highest BCUT2D eigenvalue weighted by molar-refractivity contribution is 6.35. The van der Waals surface area contributed by atoms with Crippen molar-refractivity contribution in [2.45, 2.75) is 6.92 Å². The summed E-state index contributed by atoms with van der Waals surface area (Å²) in [5, 5.41) is 12.6. The fourth-order valence-corrected chi connectivity index (χ4v) is 3.99. The molecule has 1 aliphatic rings. The van der Waals surface area contributed by atoms with E-state index in [9.17, 15) is 4.79 Å². The zero-order chi connectivity index (χ0) is 21.1. The van der Waals surface area contributed by atoms with Gasteiger partial charge in [-0.2, -0.15) is 0 Å². The number of carbonyl (C=O) groups excluding carboxylic acids is 1. The number of piperazine rings is 1. The van der Waals surface area contributed by atoms with Crippen molar-refractivity contribution >= 4 is 40.7 Å². The van der Waals surface area contributed by atoms with Gasteiger partial charge in [-0.05, 0) is 42.8 Å². The molecule has 4 rings (SSSR count). The second-order valence-corrected chi connectivity index (χ2v) is 8.03. The van der Waals surface area contributed by atoms with Crippen LogP contribution in [0.4, 0.5) is 16.3 Å². The molecule has 2 aromatic carbocycles. The van der Waals surface area contributed by atoms with Crippen LogP contribution in [0.1, 0.15) is 5.56 Å². The van der Waals surface area contributed by atoms with Gasteiger partial charge in [0.1, 0.15) is 0 Å². The van der Waals surface area contributed by atoms with E-state index < -0.39 is 0 Å². The number of nitrogens with zero attached hydrogens (tertiary/aromatic N) is 4. The van der Waals surface area contributed by atoms with Gasteiger partial charge in [-0.3, -0.25) is 0 Å². The molecule has 6 nitrogen and oxygen atoms in total. The van der Waals surface area contributed by atoms with Gasteiger partial charge >= 0.3 is 6.03 Å². The third-order valence-electron chi connectivity index (χ3n) is 5.08. The average molecular weight is 442 g/mol. The van der Waals surface area contributed by atoms with Crippen molar-refractivity contribution in [1.29, 1.82) is 0 Å². The number of hydrogen-bond donors (Lipinski definition) is 1. The topological polar surface area (TPSA) is 61.4 Å². The standard InChI is InChI=1S/C22H21Cl2N5O/c1-15-4-2-3-5-19(15)20-6-7-21(27-26-20)28-8-10-29(11-9-28)22(30)25-18-13-16(23)12-17(24)14-18/h2-7,12-14H,8-11H2,1H3,(H,25,30). The molecule has 0 saturated carbocycles. The zero-order valence-corrected chi connectivity index (χ0v) is 18.0. The van der Waals surface area contributed by atoms with Crippen LogP contribution in [0.2, 0.25) is 10.0 Å². The maximum Gasteiger partial charge on any atom is 0.321 e. The number of aromatic nitrogens is 2. The molecule has 1 aromatic heterocycles. The summed E-state index contributed by atoms with van der Waals surface area (Å²) in [5.41, 5.74) is 3.69. The summed E-state index contributed by atoms with van der Waals surface area (Å²) < 4.78 is 0. The Bertz CT molecular complexity index is 1030. The van der Waals surface area contributed by atoms with Crippen LogP contribution in [0.5, 0.6) is 0 Å². The number of amides is 2. The van der Waals surface area contributed by atoms with Gasteiger partial charge in [0.2, 0.25) is 0 Å². The van der Waals surface area contributed by atoms with Crippen molar-refractivity contribution in [2.24, 2.45) is 0 Å². The van der Waals surface area contributed by atoms with E-state index in [1.807, 2.05) is 30.3 Å². The summed E-state index contributed by atoms with van der Waals surface area (Å²) >= 11 is 12.0. The molecule has 1 fully saturated rings. The minimum atomic E-state index is -0.172. The minimum absolute atomic E-state index is 0.172. The second kappa shape index (κ2) is 8.90. The number of nitrogens with one attached hydrogen (secondary N) is 1. The maximum absolute atomic E-state index is 12.5. The lowest BCUT2D eigenvalue weighted by Gasteiger charge is -2.35. The van der Waals surface area contributed by atoms with Crippen LogP contribution in [0.25, 0.3) is 11.3 Å². The lowest BCUT2D eigenvalue weighted by Crippen LogP contribution is -2.50. The third-order valence-corrected chi connectivity index (χ3v) is 5.51. The highest BCUT2D eigenvalue weighted by Crippen LogP contribution is 2.24. The number of benzene rings is 2. The summed E-state index contributed by atoms with van der Waals surface area (Å²) in [6, 6.07) is 16.9. The zero-order valence-electron chi connectivity index (χ0n) is 16.5. The number of rotatable bonds is 3. The van der Waals surface area contributed by atoms with Crippen LogP contribution in [-0.4, -0.2) is 47.3 Å². The lowest BCUT2D eigenvalue weighted by atomic mass is 10.1. The molecular formula is C22H21Cl2N5O. The Hall–Kier alpha value is -2.83. The van der Waals surface area contributed by atoms with E-state index in [2.05, 4.69) is 33.4 Å². The van der Waals surface area contributed by atoms with E-state index in [4.69, 9.17) is 23.2 Å². The molecule has 8 heteroatoms. The molecule has 0 spiro atoms. The van der Waals surface area contributed by atoms with Crippen LogP contribution < -0.4 is 10.2 Å². The SMILES string of the molecule is Cc1ccccc1-c1ccc(N2CCN(C(=O)Nc3cc(Cl)cc(Cl)c3)CC2)nn1. The van der Waals surface area contributed by atoms with Gasteiger partial charge < -0.3 is 15.1 Å². The quantitative estimate of drug-likeness (QED) is 0.612. The molecule has 1 N–H and O–H groups in total. The fraction of sp³-hybridized carbons (Fsp3) is 0.227. The minimum Gasteiger partial charge on any atom is -0.352 e. The summed E-state index contributed by atoms with van der Waals surface area (Å²) in [6.07, 6.45) is 0. The predicted octanol–water partition coefficient (Wildman–Crippen LogP) is 5.11. The van der Waals surface area contributed by atoms with Crippen molar-refractivity contribution in [2.75, 3.05) is 36.4 Å². The molecule has 0 bridgehead atoms. The second-order valence-electron chi connectivity index (χ2n) is 7.15. The maximum atomic E-state index is 12.5. The first kappa shape index (κ1) is 20.4. The first-order valence-corrected chi connectivity index (χ1v) is 10.4. The summed E-state index contributed by atoms with van der Waals surface area (Å²) in [6.45, 7) is 4.60. The van der Waals surface area contributed by atoms with Crippen LogP contribution >= 0.6 is 23.2 Å². The molecule has 0 radical (unpaired) electrons. The molecule has 154 valence electrons. The summed E-state index contributed by atoms with van der Waals surface area (Å²) in [5.74, 6) is 0.814. The molecule has 0 atom stereocenters. The highest BCUT2D eigenvalue weighted by Gasteiger charge is 2.22. The van der Waals surface area contributed by atoms with Crippen LogP contribution in [0.3, 0.4) is 0 Å². The van der Waals surface area contributed by atoms with Crippen molar-refractivity contribution in [3.05, 3.63) is 70.2 Å². The third kappa shape index (κ3) is 4.66. The molecule has 2 heterocycles. The Kier molecular flexibility index (Phi) is 6.06. The number of carbonyl (C=O) groups is 1. The Balaban J connectivity index is 1.36.